The highest BCUT2D eigenvalue weighted by Gasteiger charge is 2.28. The first-order chi connectivity index (χ1) is 11.2. The molecular weight excluding hydrogens is 292 g/mol. The molecule has 1 N–H and O–H groups in total. The number of hydrogen-bond donors (Lipinski definition) is 1. The highest BCUT2D eigenvalue weighted by Crippen LogP contribution is 2.24. The zero-order chi connectivity index (χ0) is 16.1. The minimum absolute atomic E-state index is 0.442. The number of hydrogen-bond acceptors (Lipinski definition) is 4. The van der Waals surface area contributed by atoms with Gasteiger partial charge in [0.05, 0.1) is 11.9 Å². The van der Waals surface area contributed by atoms with Crippen LogP contribution in [-0.2, 0) is 9.59 Å². The average Bonchev–Trinajstić information content (AvgIpc) is 3.00. The molecule has 2 amide bonds. The van der Waals surface area contributed by atoms with Gasteiger partial charge in [0.25, 0.3) is 0 Å². The van der Waals surface area contributed by atoms with Crippen LogP contribution in [-0.4, -0.2) is 58.8 Å². The van der Waals surface area contributed by atoms with Gasteiger partial charge >= 0.3 is 11.8 Å². The van der Waals surface area contributed by atoms with Crippen molar-refractivity contribution >= 4 is 17.5 Å². The molecule has 2 fully saturated rings. The lowest BCUT2D eigenvalue weighted by atomic mass is 10.2. The van der Waals surface area contributed by atoms with Gasteiger partial charge in [-0.2, -0.15) is 0 Å². The fourth-order valence-electron chi connectivity index (χ4n) is 3.54. The van der Waals surface area contributed by atoms with Gasteiger partial charge in [0.15, 0.2) is 0 Å². The number of carbonyl (C=O) groups excluding carboxylic acids is 2. The molecule has 2 heterocycles. The number of nitrogens with zero attached hydrogens (tertiary/aromatic N) is 3. The lowest BCUT2D eigenvalue weighted by Crippen LogP contribution is -2.42. The Morgan fingerprint density at radius 2 is 1.91 bits per heavy atom. The van der Waals surface area contributed by atoms with E-state index in [9.17, 15) is 9.59 Å². The predicted molar refractivity (Wildman–Crippen MR) is 87.9 cm³/mol. The van der Waals surface area contributed by atoms with E-state index in [4.69, 9.17) is 0 Å². The number of aromatic nitrogens is 1. The van der Waals surface area contributed by atoms with Crippen LogP contribution in [0.2, 0.25) is 0 Å². The van der Waals surface area contributed by atoms with Crippen LogP contribution in [0, 0.1) is 0 Å². The SMILES string of the molecule is O=C(Nc1cccnc1)C(=O)N1CCCN(C2CCCC2)CC1. The second kappa shape index (κ2) is 7.55. The van der Waals surface area contributed by atoms with E-state index < -0.39 is 11.8 Å². The van der Waals surface area contributed by atoms with E-state index in [0.29, 0.717) is 24.8 Å². The minimum atomic E-state index is -0.577. The summed E-state index contributed by atoms with van der Waals surface area (Å²) in [6, 6.07) is 4.13. The van der Waals surface area contributed by atoms with Gasteiger partial charge in [-0.25, -0.2) is 0 Å². The fourth-order valence-corrected chi connectivity index (χ4v) is 3.54. The summed E-state index contributed by atoms with van der Waals surface area (Å²) < 4.78 is 0. The Morgan fingerprint density at radius 3 is 2.65 bits per heavy atom. The van der Waals surface area contributed by atoms with Crippen LogP contribution in [0.3, 0.4) is 0 Å². The molecule has 1 aliphatic heterocycles. The molecule has 1 aromatic rings. The molecule has 1 aromatic heterocycles. The number of nitrogens with one attached hydrogen (secondary N) is 1. The quantitative estimate of drug-likeness (QED) is 0.840. The maximum Gasteiger partial charge on any atom is 0.313 e. The number of amides is 2. The van der Waals surface area contributed by atoms with Crippen molar-refractivity contribution in [3.05, 3.63) is 24.5 Å². The van der Waals surface area contributed by atoms with Crippen LogP contribution in [0.4, 0.5) is 5.69 Å². The summed E-state index contributed by atoms with van der Waals surface area (Å²) in [5, 5.41) is 2.62. The molecule has 0 spiro atoms. The zero-order valence-corrected chi connectivity index (χ0v) is 13.4. The van der Waals surface area contributed by atoms with Crippen LogP contribution in [0.15, 0.2) is 24.5 Å². The van der Waals surface area contributed by atoms with Crippen LogP contribution in [0.25, 0.3) is 0 Å². The number of carbonyl (C=O) groups is 2. The Balaban J connectivity index is 1.54. The van der Waals surface area contributed by atoms with Gasteiger partial charge in [0, 0.05) is 38.4 Å². The van der Waals surface area contributed by atoms with Crippen molar-refractivity contribution in [3.8, 4) is 0 Å². The van der Waals surface area contributed by atoms with E-state index in [0.717, 1.165) is 19.5 Å². The molecule has 0 unspecified atom stereocenters. The molecule has 0 aromatic carbocycles. The van der Waals surface area contributed by atoms with Gasteiger partial charge < -0.3 is 10.2 Å². The molecule has 23 heavy (non-hydrogen) atoms. The van der Waals surface area contributed by atoms with Crippen molar-refractivity contribution < 1.29 is 9.59 Å². The first-order valence-electron chi connectivity index (χ1n) is 8.48. The first-order valence-corrected chi connectivity index (χ1v) is 8.48. The monoisotopic (exact) mass is 316 g/mol. The molecular formula is C17H24N4O2. The number of anilines is 1. The van der Waals surface area contributed by atoms with E-state index >= 15 is 0 Å². The highest BCUT2D eigenvalue weighted by atomic mass is 16.2. The first kappa shape index (κ1) is 15.9. The Labute approximate surface area is 136 Å². The minimum Gasteiger partial charge on any atom is -0.333 e. The molecule has 2 aliphatic rings. The Morgan fingerprint density at radius 1 is 1.09 bits per heavy atom. The molecule has 0 radical (unpaired) electrons. The highest BCUT2D eigenvalue weighted by molar-refractivity contribution is 6.39. The summed E-state index contributed by atoms with van der Waals surface area (Å²) >= 11 is 0. The maximum atomic E-state index is 12.4. The van der Waals surface area contributed by atoms with E-state index in [2.05, 4.69) is 15.2 Å². The van der Waals surface area contributed by atoms with E-state index in [-0.39, 0.29) is 0 Å². The zero-order valence-electron chi connectivity index (χ0n) is 13.4. The molecule has 1 saturated heterocycles. The lowest BCUT2D eigenvalue weighted by molar-refractivity contribution is -0.143. The Bertz CT molecular complexity index is 543. The number of rotatable bonds is 2. The van der Waals surface area contributed by atoms with Crippen molar-refractivity contribution in [2.45, 2.75) is 38.1 Å². The summed E-state index contributed by atoms with van der Waals surface area (Å²) in [6.45, 7) is 3.19. The standard InChI is InChI=1S/C17H24N4O2/c22-16(19-14-5-3-8-18-13-14)17(23)21-10-4-9-20(11-12-21)15-6-1-2-7-15/h3,5,8,13,15H,1-2,4,6-7,9-12H2,(H,19,22). The van der Waals surface area contributed by atoms with Gasteiger partial charge in [0.2, 0.25) is 0 Å². The maximum absolute atomic E-state index is 12.4. The summed E-state index contributed by atoms with van der Waals surface area (Å²) in [6.07, 6.45) is 9.28. The fraction of sp³-hybridized carbons (Fsp3) is 0.588. The van der Waals surface area contributed by atoms with Gasteiger partial charge in [-0.1, -0.05) is 12.8 Å². The van der Waals surface area contributed by atoms with Crippen LogP contribution < -0.4 is 5.32 Å². The van der Waals surface area contributed by atoms with Crippen LogP contribution in [0.1, 0.15) is 32.1 Å². The average molecular weight is 316 g/mol. The normalized spacial score (nSPS) is 20.3. The third-order valence-corrected chi connectivity index (χ3v) is 4.77. The second-order valence-electron chi connectivity index (χ2n) is 6.32. The lowest BCUT2D eigenvalue weighted by Gasteiger charge is -2.27. The molecule has 1 aliphatic carbocycles. The molecule has 1 saturated carbocycles. The molecule has 0 atom stereocenters. The summed E-state index contributed by atoms with van der Waals surface area (Å²) in [7, 11) is 0. The van der Waals surface area contributed by atoms with E-state index in [1.54, 1.807) is 23.2 Å². The molecule has 6 nitrogen and oxygen atoms in total. The Hall–Kier alpha value is -1.95. The van der Waals surface area contributed by atoms with Gasteiger partial charge in [-0.3, -0.25) is 19.5 Å². The topological polar surface area (TPSA) is 65.5 Å². The molecule has 0 bridgehead atoms. The third kappa shape index (κ3) is 4.07. The van der Waals surface area contributed by atoms with Crippen molar-refractivity contribution in [1.82, 2.24) is 14.8 Å². The van der Waals surface area contributed by atoms with Crippen molar-refractivity contribution in [3.63, 3.8) is 0 Å². The number of pyridine rings is 1. The third-order valence-electron chi connectivity index (χ3n) is 4.77. The summed E-state index contributed by atoms with van der Waals surface area (Å²) in [5.74, 6) is -1.02. The summed E-state index contributed by atoms with van der Waals surface area (Å²) in [5.41, 5.74) is 0.549. The summed E-state index contributed by atoms with van der Waals surface area (Å²) in [4.78, 5) is 32.6. The predicted octanol–water partition coefficient (Wildman–Crippen LogP) is 1.50. The van der Waals surface area contributed by atoms with Gasteiger partial charge in [-0.05, 0) is 31.4 Å². The van der Waals surface area contributed by atoms with Crippen molar-refractivity contribution in [1.29, 1.82) is 0 Å². The van der Waals surface area contributed by atoms with Gasteiger partial charge in [0.1, 0.15) is 0 Å². The van der Waals surface area contributed by atoms with E-state index in [1.165, 1.54) is 31.9 Å². The second-order valence-corrected chi connectivity index (χ2v) is 6.32. The molecule has 6 heteroatoms. The van der Waals surface area contributed by atoms with Gasteiger partial charge in [-0.15, -0.1) is 0 Å². The molecule has 3 rings (SSSR count). The van der Waals surface area contributed by atoms with Crippen molar-refractivity contribution in [2.24, 2.45) is 0 Å². The van der Waals surface area contributed by atoms with Crippen LogP contribution >= 0.6 is 0 Å². The Kier molecular flexibility index (Phi) is 5.23. The van der Waals surface area contributed by atoms with E-state index in [1.807, 2.05) is 0 Å². The van der Waals surface area contributed by atoms with Crippen molar-refractivity contribution in [2.75, 3.05) is 31.5 Å². The van der Waals surface area contributed by atoms with Crippen LogP contribution in [0.5, 0.6) is 0 Å². The molecule has 124 valence electrons. The smallest absolute Gasteiger partial charge is 0.313 e. The largest absolute Gasteiger partial charge is 0.333 e.